The Morgan fingerprint density at radius 3 is 2.68 bits per heavy atom. The third-order valence-electron chi connectivity index (χ3n) is 4.86. The van der Waals surface area contributed by atoms with Gasteiger partial charge in [0.25, 0.3) is 0 Å². The van der Waals surface area contributed by atoms with Gasteiger partial charge in [-0.25, -0.2) is 4.79 Å². The number of hydrogen-bond donors (Lipinski definition) is 2. The van der Waals surface area contributed by atoms with E-state index in [1.54, 1.807) is 7.05 Å². The first-order chi connectivity index (χ1) is 13.4. The second kappa shape index (κ2) is 11.5. The SMILES string of the molecule is CN=C(NCCCOCC1CCOCC1)N1CCC(NC(=O)OC(C)(C)C)C1. The first kappa shape index (κ1) is 22.7. The van der Waals surface area contributed by atoms with E-state index in [-0.39, 0.29) is 12.1 Å². The Bertz CT molecular complexity index is 501. The van der Waals surface area contributed by atoms with Crippen LogP contribution in [0.15, 0.2) is 4.99 Å². The monoisotopic (exact) mass is 398 g/mol. The fraction of sp³-hybridized carbons (Fsp3) is 0.900. The highest BCUT2D eigenvalue weighted by atomic mass is 16.6. The van der Waals surface area contributed by atoms with Crippen LogP contribution in [0.3, 0.4) is 0 Å². The number of guanidine groups is 1. The number of amides is 1. The van der Waals surface area contributed by atoms with Crippen molar-refractivity contribution in [3.63, 3.8) is 0 Å². The molecule has 2 heterocycles. The number of aliphatic imine (C=N–C) groups is 1. The van der Waals surface area contributed by atoms with Crippen LogP contribution in [0.1, 0.15) is 46.5 Å². The van der Waals surface area contributed by atoms with Crippen molar-refractivity contribution in [1.29, 1.82) is 0 Å². The Hall–Kier alpha value is -1.54. The number of ether oxygens (including phenoxy) is 3. The summed E-state index contributed by atoms with van der Waals surface area (Å²) < 4.78 is 16.5. The Labute approximate surface area is 169 Å². The van der Waals surface area contributed by atoms with E-state index in [0.29, 0.717) is 5.92 Å². The Balaban J connectivity index is 1.58. The van der Waals surface area contributed by atoms with Crippen molar-refractivity contribution < 1.29 is 19.0 Å². The van der Waals surface area contributed by atoms with E-state index in [1.807, 2.05) is 20.8 Å². The molecule has 1 amide bonds. The van der Waals surface area contributed by atoms with E-state index in [9.17, 15) is 4.79 Å². The molecule has 2 rings (SSSR count). The average molecular weight is 399 g/mol. The quantitative estimate of drug-likeness (QED) is 0.388. The van der Waals surface area contributed by atoms with Crippen LogP contribution in [-0.4, -0.2) is 81.7 Å². The molecule has 0 spiro atoms. The van der Waals surface area contributed by atoms with Gasteiger partial charge in [-0.2, -0.15) is 0 Å². The highest BCUT2D eigenvalue weighted by Crippen LogP contribution is 2.15. The lowest BCUT2D eigenvalue weighted by Crippen LogP contribution is -2.44. The van der Waals surface area contributed by atoms with E-state index in [1.165, 1.54) is 0 Å². The zero-order chi connectivity index (χ0) is 20.4. The minimum atomic E-state index is -0.479. The molecule has 0 saturated carbocycles. The van der Waals surface area contributed by atoms with Crippen LogP contribution in [0.4, 0.5) is 4.79 Å². The Morgan fingerprint density at radius 1 is 1.25 bits per heavy atom. The van der Waals surface area contributed by atoms with Crippen molar-refractivity contribution >= 4 is 12.1 Å². The zero-order valence-corrected chi connectivity index (χ0v) is 18.0. The van der Waals surface area contributed by atoms with Crippen molar-refractivity contribution in [3.8, 4) is 0 Å². The fourth-order valence-electron chi connectivity index (χ4n) is 3.41. The molecule has 0 radical (unpaired) electrons. The van der Waals surface area contributed by atoms with Gasteiger partial charge in [0.15, 0.2) is 5.96 Å². The smallest absolute Gasteiger partial charge is 0.407 e. The molecule has 0 aromatic heterocycles. The topological polar surface area (TPSA) is 84.4 Å². The van der Waals surface area contributed by atoms with Gasteiger partial charge in [-0.05, 0) is 52.4 Å². The van der Waals surface area contributed by atoms with Crippen LogP contribution in [0.2, 0.25) is 0 Å². The van der Waals surface area contributed by atoms with Gasteiger partial charge in [0, 0.05) is 53.1 Å². The molecule has 2 aliphatic rings. The van der Waals surface area contributed by atoms with Gasteiger partial charge in [-0.15, -0.1) is 0 Å². The molecule has 8 heteroatoms. The fourth-order valence-corrected chi connectivity index (χ4v) is 3.41. The number of alkyl carbamates (subject to hydrolysis) is 1. The van der Waals surface area contributed by atoms with Gasteiger partial charge in [0.1, 0.15) is 5.60 Å². The maximum Gasteiger partial charge on any atom is 0.407 e. The van der Waals surface area contributed by atoms with Gasteiger partial charge in [0.2, 0.25) is 0 Å². The summed E-state index contributed by atoms with van der Waals surface area (Å²) in [5.41, 5.74) is -0.479. The lowest BCUT2D eigenvalue weighted by Gasteiger charge is -2.23. The Kier molecular flexibility index (Phi) is 9.31. The second-order valence-electron chi connectivity index (χ2n) is 8.54. The van der Waals surface area contributed by atoms with Crippen molar-refractivity contribution in [3.05, 3.63) is 0 Å². The lowest BCUT2D eigenvalue weighted by atomic mass is 10.0. The van der Waals surface area contributed by atoms with E-state index < -0.39 is 5.60 Å². The summed E-state index contributed by atoms with van der Waals surface area (Å²) in [6, 6.07) is 0.0798. The largest absolute Gasteiger partial charge is 0.444 e. The van der Waals surface area contributed by atoms with E-state index in [4.69, 9.17) is 14.2 Å². The van der Waals surface area contributed by atoms with Crippen molar-refractivity contribution in [2.24, 2.45) is 10.9 Å². The zero-order valence-electron chi connectivity index (χ0n) is 18.0. The Morgan fingerprint density at radius 2 is 2.00 bits per heavy atom. The lowest BCUT2D eigenvalue weighted by molar-refractivity contribution is 0.0203. The molecule has 1 atom stereocenters. The van der Waals surface area contributed by atoms with Crippen LogP contribution < -0.4 is 10.6 Å². The van der Waals surface area contributed by atoms with E-state index in [0.717, 1.165) is 77.7 Å². The molecule has 0 aliphatic carbocycles. The molecule has 2 saturated heterocycles. The van der Waals surface area contributed by atoms with Crippen molar-refractivity contribution in [2.45, 2.75) is 58.1 Å². The van der Waals surface area contributed by atoms with Gasteiger partial charge in [0.05, 0.1) is 6.04 Å². The first-order valence-electron chi connectivity index (χ1n) is 10.5. The maximum atomic E-state index is 11.9. The normalized spacial score (nSPS) is 21.6. The van der Waals surface area contributed by atoms with Gasteiger partial charge >= 0.3 is 6.09 Å². The molecule has 162 valence electrons. The highest BCUT2D eigenvalue weighted by molar-refractivity contribution is 5.80. The summed E-state index contributed by atoms with van der Waals surface area (Å²) in [7, 11) is 1.79. The number of nitrogens with zero attached hydrogens (tertiary/aromatic N) is 2. The summed E-state index contributed by atoms with van der Waals surface area (Å²) in [6.07, 6.45) is 3.68. The molecule has 1 unspecified atom stereocenters. The summed E-state index contributed by atoms with van der Waals surface area (Å²) in [6.45, 7) is 11.3. The molecule has 0 aromatic rings. The van der Waals surface area contributed by atoms with Crippen LogP contribution >= 0.6 is 0 Å². The number of hydrogen-bond acceptors (Lipinski definition) is 5. The number of likely N-dealkylation sites (tertiary alicyclic amines) is 1. The third-order valence-corrected chi connectivity index (χ3v) is 4.86. The van der Waals surface area contributed by atoms with E-state index in [2.05, 4.69) is 20.5 Å². The molecule has 2 fully saturated rings. The highest BCUT2D eigenvalue weighted by Gasteiger charge is 2.27. The first-order valence-corrected chi connectivity index (χ1v) is 10.5. The number of rotatable bonds is 7. The van der Waals surface area contributed by atoms with Crippen molar-refractivity contribution in [1.82, 2.24) is 15.5 Å². The summed E-state index contributed by atoms with van der Waals surface area (Å²) >= 11 is 0. The maximum absolute atomic E-state index is 11.9. The second-order valence-corrected chi connectivity index (χ2v) is 8.54. The molecular formula is C20H38N4O4. The molecule has 0 bridgehead atoms. The van der Waals surface area contributed by atoms with Gasteiger partial charge < -0.3 is 29.7 Å². The molecule has 28 heavy (non-hydrogen) atoms. The van der Waals surface area contributed by atoms with Gasteiger partial charge in [-0.1, -0.05) is 0 Å². The molecular weight excluding hydrogens is 360 g/mol. The molecule has 0 aromatic carbocycles. The average Bonchev–Trinajstić information content (AvgIpc) is 3.08. The van der Waals surface area contributed by atoms with Crippen molar-refractivity contribution in [2.75, 3.05) is 53.1 Å². The van der Waals surface area contributed by atoms with Crippen LogP contribution in [-0.2, 0) is 14.2 Å². The number of carbonyl (C=O) groups is 1. The minimum Gasteiger partial charge on any atom is -0.444 e. The van der Waals surface area contributed by atoms with Crippen LogP contribution in [0.25, 0.3) is 0 Å². The molecule has 2 N–H and O–H groups in total. The summed E-state index contributed by atoms with van der Waals surface area (Å²) in [5.74, 6) is 1.52. The summed E-state index contributed by atoms with van der Waals surface area (Å²) in [5, 5.41) is 6.34. The van der Waals surface area contributed by atoms with Crippen LogP contribution in [0.5, 0.6) is 0 Å². The molecule has 2 aliphatic heterocycles. The predicted molar refractivity (Wildman–Crippen MR) is 110 cm³/mol. The third kappa shape index (κ3) is 8.65. The van der Waals surface area contributed by atoms with Crippen LogP contribution in [0, 0.1) is 5.92 Å². The van der Waals surface area contributed by atoms with Gasteiger partial charge in [-0.3, -0.25) is 4.99 Å². The minimum absolute atomic E-state index is 0.0798. The molecule has 8 nitrogen and oxygen atoms in total. The van der Waals surface area contributed by atoms with E-state index >= 15 is 0 Å². The number of nitrogens with one attached hydrogen (secondary N) is 2. The predicted octanol–water partition coefficient (Wildman–Crippen LogP) is 1.99. The standard InChI is InChI=1S/C20H38N4O4/c1-20(2,3)28-19(25)23-17-6-10-24(14-17)18(21-4)22-9-5-11-27-15-16-7-12-26-13-8-16/h16-17H,5-15H2,1-4H3,(H,21,22)(H,23,25). The number of carbonyl (C=O) groups excluding carboxylic acids is 1. The summed E-state index contributed by atoms with van der Waals surface area (Å²) in [4.78, 5) is 18.5.